The summed E-state index contributed by atoms with van der Waals surface area (Å²) in [6.07, 6.45) is -2.65. The van der Waals surface area contributed by atoms with E-state index < -0.39 is 28.7 Å². The summed E-state index contributed by atoms with van der Waals surface area (Å²) in [7, 11) is -4.01. The molecule has 4 aromatic rings. The van der Waals surface area contributed by atoms with Crippen LogP contribution in [0, 0.1) is 0 Å². The van der Waals surface area contributed by atoms with Crippen LogP contribution in [-0.2, 0) is 10.0 Å². The van der Waals surface area contributed by atoms with Gasteiger partial charge in [-0.25, -0.2) is 22.0 Å². The minimum atomic E-state index is -4.01. The summed E-state index contributed by atoms with van der Waals surface area (Å²) in [6.45, 7) is -0.790. The second kappa shape index (κ2) is 7.75. The smallest absolute Gasteiger partial charge is 0.336 e. The summed E-state index contributed by atoms with van der Waals surface area (Å²) in [6, 6.07) is 16.4. The van der Waals surface area contributed by atoms with Crippen molar-refractivity contribution in [2.75, 3.05) is 11.3 Å². The van der Waals surface area contributed by atoms with Gasteiger partial charge in [-0.1, -0.05) is 24.3 Å². The van der Waals surface area contributed by atoms with Crippen LogP contribution in [0.3, 0.4) is 0 Å². The first kappa shape index (κ1) is 19.8. The van der Waals surface area contributed by atoms with Crippen LogP contribution in [0.2, 0.25) is 0 Å². The van der Waals surface area contributed by atoms with E-state index in [1.54, 1.807) is 24.3 Å². The summed E-state index contributed by atoms with van der Waals surface area (Å²) >= 11 is 0. The molecule has 0 radical (unpaired) electrons. The summed E-state index contributed by atoms with van der Waals surface area (Å²) in [4.78, 5) is 11.3. The zero-order valence-corrected chi connectivity index (χ0v) is 16.2. The van der Waals surface area contributed by atoms with Gasteiger partial charge in [0.25, 0.3) is 16.4 Å². The van der Waals surface area contributed by atoms with Gasteiger partial charge in [0.2, 0.25) is 0 Å². The van der Waals surface area contributed by atoms with Gasteiger partial charge in [-0.05, 0) is 36.4 Å². The number of hydrogen-bond acceptors (Lipinski definition) is 5. The van der Waals surface area contributed by atoms with E-state index in [2.05, 4.69) is 4.72 Å². The van der Waals surface area contributed by atoms with Crippen molar-refractivity contribution in [3.63, 3.8) is 0 Å². The van der Waals surface area contributed by atoms with Gasteiger partial charge in [-0.3, -0.25) is 4.72 Å². The molecule has 30 heavy (non-hydrogen) atoms. The number of sulfonamides is 1. The summed E-state index contributed by atoms with van der Waals surface area (Å²) < 4.78 is 63.8. The Bertz CT molecular complexity index is 1400. The fourth-order valence-electron chi connectivity index (χ4n) is 3.10. The van der Waals surface area contributed by atoms with Crippen LogP contribution in [0.15, 0.2) is 80.8 Å². The van der Waals surface area contributed by atoms with Gasteiger partial charge >= 0.3 is 5.63 Å². The second-order valence-corrected chi connectivity index (χ2v) is 8.07. The average molecular weight is 431 g/mol. The molecule has 1 aromatic heterocycles. The Labute approximate surface area is 169 Å². The number of fused-ring (bicyclic) bond motifs is 2. The molecule has 0 amide bonds. The van der Waals surface area contributed by atoms with Crippen LogP contribution < -0.4 is 15.1 Å². The number of anilines is 1. The van der Waals surface area contributed by atoms with Crippen molar-refractivity contribution >= 4 is 37.5 Å². The van der Waals surface area contributed by atoms with Crippen LogP contribution in [0.5, 0.6) is 5.75 Å². The molecule has 0 atom stereocenters. The number of halogens is 2. The molecular weight excluding hydrogens is 416 g/mol. The van der Waals surface area contributed by atoms with Crippen molar-refractivity contribution in [1.82, 2.24) is 0 Å². The van der Waals surface area contributed by atoms with Crippen molar-refractivity contribution in [3.05, 3.63) is 77.2 Å². The highest BCUT2D eigenvalue weighted by molar-refractivity contribution is 7.93. The third kappa shape index (κ3) is 3.97. The highest BCUT2D eigenvalue weighted by Gasteiger charge is 2.20. The Morgan fingerprint density at radius 3 is 2.50 bits per heavy atom. The third-order valence-electron chi connectivity index (χ3n) is 4.37. The van der Waals surface area contributed by atoms with Crippen LogP contribution >= 0.6 is 0 Å². The molecule has 0 saturated heterocycles. The van der Waals surface area contributed by atoms with Crippen molar-refractivity contribution in [3.8, 4) is 5.75 Å². The molecule has 1 heterocycles. The summed E-state index contributed by atoms with van der Waals surface area (Å²) in [5.74, 6) is 0.172. The van der Waals surface area contributed by atoms with Gasteiger partial charge < -0.3 is 9.15 Å². The molecule has 6 nitrogen and oxygen atoms in total. The van der Waals surface area contributed by atoms with E-state index in [-0.39, 0.29) is 16.3 Å². The Kier molecular flexibility index (Phi) is 5.13. The summed E-state index contributed by atoms with van der Waals surface area (Å²) in [5.41, 5.74) is 0.103. The Morgan fingerprint density at radius 2 is 1.73 bits per heavy atom. The normalized spacial score (nSPS) is 11.8. The molecule has 0 unspecified atom stereocenters. The second-order valence-electron chi connectivity index (χ2n) is 6.42. The van der Waals surface area contributed by atoms with Crippen molar-refractivity contribution in [2.45, 2.75) is 11.3 Å². The number of benzene rings is 3. The lowest BCUT2D eigenvalue weighted by Gasteiger charge is -2.14. The van der Waals surface area contributed by atoms with Gasteiger partial charge in [0.15, 0.2) is 0 Å². The van der Waals surface area contributed by atoms with E-state index >= 15 is 0 Å². The van der Waals surface area contributed by atoms with Crippen molar-refractivity contribution in [2.24, 2.45) is 0 Å². The predicted molar refractivity (Wildman–Crippen MR) is 109 cm³/mol. The van der Waals surface area contributed by atoms with E-state index in [4.69, 9.17) is 9.15 Å². The van der Waals surface area contributed by atoms with E-state index in [0.29, 0.717) is 21.7 Å². The van der Waals surface area contributed by atoms with E-state index in [9.17, 15) is 22.0 Å². The molecule has 0 spiro atoms. The fraction of sp³-hybridized carbons (Fsp3) is 0.0952. The number of alkyl halides is 2. The minimum absolute atomic E-state index is 0.0258. The summed E-state index contributed by atoms with van der Waals surface area (Å²) in [5, 5.41) is 1.29. The van der Waals surface area contributed by atoms with E-state index in [1.165, 1.54) is 42.5 Å². The van der Waals surface area contributed by atoms with Gasteiger partial charge in [0, 0.05) is 27.9 Å². The fourth-order valence-corrected chi connectivity index (χ4v) is 4.36. The molecule has 0 fully saturated rings. The Balaban J connectivity index is 1.73. The highest BCUT2D eigenvalue weighted by atomic mass is 32.2. The standard InChI is InChI=1S/C21H15F2NO5S/c22-20(23)12-28-18-8-9-19(16-4-2-1-3-15(16)18)30(26,27)24-14-6-7-17-13(11-14)5-10-21(25)29-17/h1-11,20,24H,12H2. The largest absolute Gasteiger partial charge is 0.487 e. The molecule has 0 aliphatic rings. The average Bonchev–Trinajstić information content (AvgIpc) is 2.71. The maximum absolute atomic E-state index is 13.0. The predicted octanol–water partition coefficient (Wildman–Crippen LogP) is 4.39. The molecule has 0 saturated carbocycles. The van der Waals surface area contributed by atoms with Crippen molar-refractivity contribution < 1.29 is 26.4 Å². The number of rotatable bonds is 6. The van der Waals surface area contributed by atoms with Gasteiger partial charge in [-0.15, -0.1) is 0 Å². The molecule has 0 aliphatic carbocycles. The first-order chi connectivity index (χ1) is 14.3. The van der Waals surface area contributed by atoms with Crippen LogP contribution in [0.4, 0.5) is 14.5 Å². The SMILES string of the molecule is O=c1ccc2cc(NS(=O)(=O)c3ccc(OCC(F)F)c4ccccc34)ccc2o1. The topological polar surface area (TPSA) is 85.6 Å². The van der Waals surface area contributed by atoms with E-state index in [1.807, 2.05) is 0 Å². The monoisotopic (exact) mass is 431 g/mol. The zero-order chi connectivity index (χ0) is 21.3. The highest BCUT2D eigenvalue weighted by Crippen LogP contribution is 2.32. The van der Waals surface area contributed by atoms with Crippen LogP contribution in [0.25, 0.3) is 21.7 Å². The maximum Gasteiger partial charge on any atom is 0.336 e. The van der Waals surface area contributed by atoms with Gasteiger partial charge in [0.05, 0.1) is 4.90 Å². The molecule has 3 aromatic carbocycles. The lowest BCUT2D eigenvalue weighted by molar-refractivity contribution is 0.0826. The lowest BCUT2D eigenvalue weighted by atomic mass is 10.1. The first-order valence-electron chi connectivity index (χ1n) is 8.83. The lowest BCUT2D eigenvalue weighted by Crippen LogP contribution is -2.14. The molecule has 1 N–H and O–H groups in total. The molecule has 4 rings (SSSR count). The quantitative estimate of drug-likeness (QED) is 0.458. The van der Waals surface area contributed by atoms with Gasteiger partial charge in [-0.2, -0.15) is 0 Å². The van der Waals surface area contributed by atoms with Gasteiger partial charge in [0.1, 0.15) is 17.9 Å². The molecule has 9 heteroatoms. The Hall–Kier alpha value is -3.46. The molecule has 154 valence electrons. The van der Waals surface area contributed by atoms with Crippen LogP contribution in [-0.4, -0.2) is 21.5 Å². The third-order valence-corrected chi connectivity index (χ3v) is 5.81. The van der Waals surface area contributed by atoms with Crippen LogP contribution in [0.1, 0.15) is 0 Å². The molecular formula is C21H15F2NO5S. The molecule has 0 bridgehead atoms. The minimum Gasteiger partial charge on any atom is -0.487 e. The zero-order valence-electron chi connectivity index (χ0n) is 15.3. The first-order valence-corrected chi connectivity index (χ1v) is 10.3. The maximum atomic E-state index is 13.0. The number of ether oxygens (including phenoxy) is 1. The van der Waals surface area contributed by atoms with E-state index in [0.717, 1.165) is 0 Å². The number of hydrogen-bond donors (Lipinski definition) is 1. The van der Waals surface area contributed by atoms with Crippen molar-refractivity contribution in [1.29, 1.82) is 0 Å². The molecule has 0 aliphatic heterocycles. The number of nitrogens with one attached hydrogen (secondary N) is 1. The Morgan fingerprint density at radius 1 is 0.967 bits per heavy atom.